The van der Waals surface area contributed by atoms with Crippen molar-refractivity contribution in [1.82, 2.24) is 9.55 Å². The van der Waals surface area contributed by atoms with Crippen LogP contribution in [0.5, 0.6) is 0 Å². The molecular formula is C23H15F6N2P. The maximum Gasteiger partial charge on any atom is 0.418 e. The minimum Gasteiger partial charge on any atom is -0.299 e. The van der Waals surface area contributed by atoms with E-state index in [-0.39, 0.29) is 6.07 Å². The molecule has 0 bridgehead atoms. The van der Waals surface area contributed by atoms with Crippen molar-refractivity contribution < 1.29 is 26.3 Å². The quantitative estimate of drug-likeness (QED) is 0.281. The van der Waals surface area contributed by atoms with Crippen molar-refractivity contribution in [3.05, 3.63) is 102 Å². The number of nitrogens with zero attached hydrogens (tertiary/aromatic N) is 2. The lowest BCUT2D eigenvalue weighted by atomic mass is 10.1. The molecule has 0 spiro atoms. The zero-order valence-electron chi connectivity index (χ0n) is 16.3. The summed E-state index contributed by atoms with van der Waals surface area (Å²) in [5.74, 6) is 0. The Hall–Kier alpha value is -3.12. The fourth-order valence-corrected chi connectivity index (χ4v) is 5.61. The zero-order chi connectivity index (χ0) is 22.9. The molecule has 0 N–H and O–H groups in total. The number of benzene rings is 3. The highest BCUT2D eigenvalue weighted by Gasteiger charge is 2.39. The number of halogens is 6. The van der Waals surface area contributed by atoms with Gasteiger partial charge in [0, 0.05) is 20.3 Å². The van der Waals surface area contributed by atoms with Crippen LogP contribution in [0.15, 0.2) is 91.3 Å². The molecule has 4 rings (SSSR count). The molecule has 0 saturated heterocycles. The van der Waals surface area contributed by atoms with Gasteiger partial charge in [-0.25, -0.2) is 4.98 Å². The number of hydrogen-bond acceptors (Lipinski definition) is 1. The Labute approximate surface area is 180 Å². The van der Waals surface area contributed by atoms with E-state index in [0.717, 1.165) is 16.7 Å². The standard InChI is InChI=1S/C23H15F6N2P/c24-22(25,26)16-11-12-20(19(15-16)23(27,28)29)31-14-13-30-21(31)32(17-7-3-1-4-8-17)18-9-5-2-6-10-18/h1-15H. The average molecular weight is 464 g/mol. The van der Waals surface area contributed by atoms with E-state index in [1.54, 1.807) is 0 Å². The van der Waals surface area contributed by atoms with Gasteiger partial charge in [0.25, 0.3) is 0 Å². The molecule has 0 saturated carbocycles. The highest BCUT2D eigenvalue weighted by molar-refractivity contribution is 7.79. The van der Waals surface area contributed by atoms with Crippen LogP contribution < -0.4 is 16.2 Å². The highest BCUT2D eigenvalue weighted by atomic mass is 31.1. The molecule has 164 valence electrons. The second-order valence-corrected chi connectivity index (χ2v) is 8.93. The molecule has 0 atom stereocenters. The molecule has 1 heterocycles. The molecule has 0 unspecified atom stereocenters. The first kappa shape index (κ1) is 22.1. The first-order valence-corrected chi connectivity index (χ1v) is 10.7. The number of hydrogen-bond donors (Lipinski definition) is 0. The first-order valence-electron chi connectivity index (χ1n) is 9.38. The Kier molecular flexibility index (Phi) is 5.82. The van der Waals surface area contributed by atoms with E-state index >= 15 is 0 Å². The van der Waals surface area contributed by atoms with Gasteiger partial charge in [0.15, 0.2) is 0 Å². The van der Waals surface area contributed by atoms with Crippen LogP contribution in [-0.4, -0.2) is 9.55 Å². The van der Waals surface area contributed by atoms with Gasteiger partial charge in [-0.15, -0.1) is 0 Å². The van der Waals surface area contributed by atoms with E-state index < -0.39 is 37.1 Å². The summed E-state index contributed by atoms with van der Waals surface area (Å²) in [6.45, 7) is 0. The Morgan fingerprint density at radius 1 is 0.688 bits per heavy atom. The summed E-state index contributed by atoms with van der Waals surface area (Å²) in [6, 6.07) is 20.0. The van der Waals surface area contributed by atoms with Crippen molar-refractivity contribution in [1.29, 1.82) is 0 Å². The van der Waals surface area contributed by atoms with Gasteiger partial charge >= 0.3 is 12.4 Å². The summed E-state index contributed by atoms with van der Waals surface area (Å²) in [5.41, 5.74) is -2.81. The Balaban J connectivity index is 1.93. The third kappa shape index (κ3) is 4.41. The maximum atomic E-state index is 13.8. The van der Waals surface area contributed by atoms with E-state index in [1.807, 2.05) is 60.7 Å². The second kappa shape index (κ2) is 8.43. The molecule has 0 radical (unpaired) electrons. The van der Waals surface area contributed by atoms with Crippen molar-refractivity contribution in [3.63, 3.8) is 0 Å². The van der Waals surface area contributed by atoms with Crippen LogP contribution in [0, 0.1) is 0 Å². The number of rotatable bonds is 4. The topological polar surface area (TPSA) is 17.8 Å². The minimum atomic E-state index is -4.99. The maximum absolute atomic E-state index is 13.8. The fourth-order valence-electron chi connectivity index (χ4n) is 3.33. The van der Waals surface area contributed by atoms with E-state index in [2.05, 4.69) is 4.98 Å². The largest absolute Gasteiger partial charge is 0.418 e. The van der Waals surface area contributed by atoms with Gasteiger partial charge in [-0.2, -0.15) is 26.3 Å². The zero-order valence-corrected chi connectivity index (χ0v) is 17.2. The van der Waals surface area contributed by atoms with Crippen LogP contribution in [0.2, 0.25) is 0 Å². The summed E-state index contributed by atoms with van der Waals surface area (Å²) in [7, 11) is -1.37. The van der Waals surface area contributed by atoms with Crippen molar-refractivity contribution in [2.24, 2.45) is 0 Å². The number of aromatic nitrogens is 2. The average Bonchev–Trinajstić information content (AvgIpc) is 3.23. The predicted octanol–water partition coefficient (Wildman–Crippen LogP) is 5.67. The van der Waals surface area contributed by atoms with Gasteiger partial charge in [-0.05, 0) is 28.8 Å². The number of alkyl halides is 6. The van der Waals surface area contributed by atoms with E-state index in [9.17, 15) is 26.3 Å². The van der Waals surface area contributed by atoms with Gasteiger partial charge in [0.1, 0.15) is 5.57 Å². The molecule has 0 aliphatic rings. The van der Waals surface area contributed by atoms with Crippen LogP contribution in [0.1, 0.15) is 11.1 Å². The molecule has 32 heavy (non-hydrogen) atoms. The molecule has 0 aliphatic carbocycles. The molecule has 2 nitrogen and oxygen atoms in total. The fraction of sp³-hybridized carbons (Fsp3) is 0.0870. The van der Waals surface area contributed by atoms with E-state index in [1.165, 1.54) is 17.0 Å². The van der Waals surface area contributed by atoms with E-state index in [0.29, 0.717) is 11.6 Å². The lowest BCUT2D eigenvalue weighted by Gasteiger charge is -2.22. The van der Waals surface area contributed by atoms with Crippen LogP contribution in [0.4, 0.5) is 26.3 Å². The van der Waals surface area contributed by atoms with Crippen molar-refractivity contribution in [2.75, 3.05) is 0 Å². The van der Waals surface area contributed by atoms with Gasteiger partial charge in [0.2, 0.25) is 0 Å². The van der Waals surface area contributed by atoms with Gasteiger partial charge in [-0.1, -0.05) is 60.7 Å². The van der Waals surface area contributed by atoms with Crippen LogP contribution >= 0.6 is 7.92 Å². The smallest absolute Gasteiger partial charge is 0.299 e. The summed E-state index contributed by atoms with van der Waals surface area (Å²) in [4.78, 5) is 4.34. The van der Waals surface area contributed by atoms with Crippen LogP contribution in [-0.2, 0) is 12.4 Å². The lowest BCUT2D eigenvalue weighted by molar-refractivity contribution is -0.143. The van der Waals surface area contributed by atoms with Crippen molar-refractivity contribution in [2.45, 2.75) is 12.4 Å². The normalized spacial score (nSPS) is 12.3. The van der Waals surface area contributed by atoms with Crippen molar-refractivity contribution >= 4 is 24.1 Å². The molecule has 4 aromatic rings. The van der Waals surface area contributed by atoms with Crippen molar-refractivity contribution in [3.8, 4) is 5.69 Å². The third-order valence-corrected chi connectivity index (χ3v) is 7.10. The highest BCUT2D eigenvalue weighted by Crippen LogP contribution is 2.40. The lowest BCUT2D eigenvalue weighted by Crippen LogP contribution is -2.28. The number of imidazole rings is 1. The molecule has 1 aromatic heterocycles. The summed E-state index contributed by atoms with van der Waals surface area (Å²) in [6.07, 6.45) is -7.18. The minimum absolute atomic E-state index is 0.145. The Morgan fingerprint density at radius 3 is 1.75 bits per heavy atom. The summed E-state index contributed by atoms with van der Waals surface area (Å²) in [5, 5.41) is 1.70. The second-order valence-electron chi connectivity index (χ2n) is 6.83. The van der Waals surface area contributed by atoms with E-state index in [4.69, 9.17) is 0 Å². The molecule has 0 fully saturated rings. The van der Waals surface area contributed by atoms with Gasteiger partial charge in [0.05, 0.1) is 16.8 Å². The predicted molar refractivity (Wildman–Crippen MR) is 112 cm³/mol. The monoisotopic (exact) mass is 464 g/mol. The molecule has 9 heteroatoms. The van der Waals surface area contributed by atoms with Crippen LogP contribution in [0.25, 0.3) is 5.69 Å². The molecule has 0 aliphatic heterocycles. The summed E-state index contributed by atoms with van der Waals surface area (Å²) >= 11 is 0. The van der Waals surface area contributed by atoms with Crippen LogP contribution in [0.3, 0.4) is 0 Å². The Morgan fingerprint density at radius 2 is 1.25 bits per heavy atom. The Bertz CT molecular complexity index is 1160. The van der Waals surface area contributed by atoms with Gasteiger partial charge in [-0.3, -0.25) is 4.57 Å². The molecule has 3 aromatic carbocycles. The third-order valence-electron chi connectivity index (χ3n) is 4.74. The first-order chi connectivity index (χ1) is 15.2. The SMILES string of the molecule is FC(F)(F)c1ccc(-n2ccnc2P(c2ccccc2)c2ccccc2)c(C(F)(F)F)c1. The summed E-state index contributed by atoms with van der Waals surface area (Å²) < 4.78 is 81.9. The van der Waals surface area contributed by atoms with Gasteiger partial charge < -0.3 is 0 Å². The molecular weight excluding hydrogens is 449 g/mol. The molecule has 0 amide bonds.